The topological polar surface area (TPSA) is 41.1 Å². The molecule has 2 aromatic rings. The molecule has 2 amide bonds. The second-order valence-electron chi connectivity index (χ2n) is 4.29. The summed E-state index contributed by atoms with van der Waals surface area (Å²) in [6, 6.07) is 15.0. The highest BCUT2D eigenvalue weighted by Gasteiger charge is 2.01. The largest absolute Gasteiger partial charge is 0.334 e. The molecule has 0 heterocycles. The number of amides is 2. The van der Waals surface area contributed by atoms with Crippen LogP contribution in [0.3, 0.4) is 0 Å². The van der Waals surface area contributed by atoms with Crippen LogP contribution in [0.25, 0.3) is 0 Å². The fourth-order valence-electron chi connectivity index (χ4n) is 1.63. The van der Waals surface area contributed by atoms with Gasteiger partial charge in [-0.05, 0) is 35.4 Å². The van der Waals surface area contributed by atoms with Gasteiger partial charge in [-0.1, -0.05) is 51.8 Å². The molecule has 0 bridgehead atoms. The third kappa shape index (κ3) is 4.87. The molecule has 5 heteroatoms. The summed E-state index contributed by atoms with van der Waals surface area (Å²) >= 11 is 9.17. The molecule has 20 heavy (non-hydrogen) atoms. The van der Waals surface area contributed by atoms with Gasteiger partial charge in [-0.2, -0.15) is 0 Å². The van der Waals surface area contributed by atoms with Crippen LogP contribution in [-0.4, -0.2) is 6.03 Å². The molecule has 0 aliphatic carbocycles. The number of hydrogen-bond donors (Lipinski definition) is 2. The quantitative estimate of drug-likeness (QED) is 0.853. The van der Waals surface area contributed by atoms with Gasteiger partial charge in [-0.3, -0.25) is 0 Å². The fraction of sp³-hybridized carbons (Fsp3) is 0.133. The standard InChI is InChI=1S/C15H14BrClN2O/c16-13-5-1-11(2-6-13)9-18-15(20)19-10-12-3-7-14(17)8-4-12/h1-8H,9-10H2,(H2,18,19,20). The monoisotopic (exact) mass is 352 g/mol. The Bertz CT molecular complexity index is 518. The predicted octanol–water partition coefficient (Wildman–Crippen LogP) is 4.10. The van der Waals surface area contributed by atoms with Crippen LogP contribution in [-0.2, 0) is 13.1 Å². The molecule has 0 saturated carbocycles. The summed E-state index contributed by atoms with van der Waals surface area (Å²) in [6.45, 7) is 0.975. The molecular weight excluding hydrogens is 340 g/mol. The second-order valence-corrected chi connectivity index (χ2v) is 5.64. The highest BCUT2D eigenvalue weighted by molar-refractivity contribution is 9.10. The number of carbonyl (C=O) groups is 1. The molecule has 3 nitrogen and oxygen atoms in total. The van der Waals surface area contributed by atoms with Crippen LogP contribution < -0.4 is 10.6 Å². The van der Waals surface area contributed by atoms with Crippen LogP contribution in [0.1, 0.15) is 11.1 Å². The average molecular weight is 354 g/mol. The zero-order valence-electron chi connectivity index (χ0n) is 10.7. The van der Waals surface area contributed by atoms with Crippen molar-refractivity contribution < 1.29 is 4.79 Å². The normalized spacial score (nSPS) is 10.1. The van der Waals surface area contributed by atoms with Gasteiger partial charge in [0.05, 0.1) is 0 Å². The smallest absolute Gasteiger partial charge is 0.315 e. The summed E-state index contributed by atoms with van der Waals surface area (Å²) in [7, 11) is 0. The number of hydrogen-bond acceptors (Lipinski definition) is 1. The van der Waals surface area contributed by atoms with Crippen molar-refractivity contribution in [1.29, 1.82) is 0 Å². The first-order valence-electron chi connectivity index (χ1n) is 6.14. The van der Waals surface area contributed by atoms with Gasteiger partial charge >= 0.3 is 6.03 Å². The summed E-state index contributed by atoms with van der Waals surface area (Å²) < 4.78 is 1.02. The van der Waals surface area contributed by atoms with Crippen molar-refractivity contribution in [2.45, 2.75) is 13.1 Å². The van der Waals surface area contributed by atoms with Crippen molar-refractivity contribution in [1.82, 2.24) is 10.6 Å². The lowest BCUT2D eigenvalue weighted by molar-refractivity contribution is 0.240. The lowest BCUT2D eigenvalue weighted by Gasteiger charge is -2.08. The van der Waals surface area contributed by atoms with Gasteiger partial charge in [0, 0.05) is 22.6 Å². The number of benzene rings is 2. The van der Waals surface area contributed by atoms with Gasteiger partial charge in [0.2, 0.25) is 0 Å². The molecule has 0 fully saturated rings. The SMILES string of the molecule is O=C(NCc1ccc(Cl)cc1)NCc1ccc(Br)cc1. The van der Waals surface area contributed by atoms with Crippen molar-refractivity contribution in [3.05, 3.63) is 69.2 Å². The zero-order valence-corrected chi connectivity index (χ0v) is 13.0. The van der Waals surface area contributed by atoms with Gasteiger partial charge in [-0.25, -0.2) is 4.79 Å². The first-order valence-corrected chi connectivity index (χ1v) is 7.31. The van der Waals surface area contributed by atoms with Gasteiger partial charge < -0.3 is 10.6 Å². The molecule has 0 aliphatic heterocycles. The Hall–Kier alpha value is -1.52. The van der Waals surface area contributed by atoms with E-state index in [1.165, 1.54) is 0 Å². The number of carbonyl (C=O) groups excluding carboxylic acids is 1. The lowest BCUT2D eigenvalue weighted by atomic mass is 10.2. The van der Waals surface area contributed by atoms with Gasteiger partial charge in [0.15, 0.2) is 0 Å². The van der Waals surface area contributed by atoms with Crippen molar-refractivity contribution in [2.75, 3.05) is 0 Å². The van der Waals surface area contributed by atoms with Gasteiger partial charge in [-0.15, -0.1) is 0 Å². The molecule has 2 aromatic carbocycles. The maximum Gasteiger partial charge on any atom is 0.315 e. The van der Waals surface area contributed by atoms with E-state index in [9.17, 15) is 4.79 Å². The summed E-state index contributed by atoms with van der Waals surface area (Å²) in [5.74, 6) is 0. The van der Waals surface area contributed by atoms with E-state index in [1.807, 2.05) is 36.4 Å². The molecule has 0 aliphatic rings. The Kier molecular flexibility index (Phi) is 5.44. The fourth-order valence-corrected chi connectivity index (χ4v) is 2.02. The highest BCUT2D eigenvalue weighted by atomic mass is 79.9. The molecule has 2 N–H and O–H groups in total. The van der Waals surface area contributed by atoms with E-state index in [1.54, 1.807) is 12.1 Å². The van der Waals surface area contributed by atoms with Gasteiger partial charge in [0.25, 0.3) is 0 Å². The molecule has 0 spiro atoms. The van der Waals surface area contributed by atoms with E-state index >= 15 is 0 Å². The number of rotatable bonds is 4. The molecule has 0 atom stereocenters. The van der Waals surface area contributed by atoms with Crippen LogP contribution in [0.4, 0.5) is 4.79 Å². The first-order chi connectivity index (χ1) is 9.63. The van der Waals surface area contributed by atoms with Gasteiger partial charge in [0.1, 0.15) is 0 Å². The van der Waals surface area contributed by atoms with Crippen molar-refractivity contribution in [3.63, 3.8) is 0 Å². The second kappa shape index (κ2) is 7.31. The minimum absolute atomic E-state index is 0.192. The minimum Gasteiger partial charge on any atom is -0.334 e. The summed E-state index contributed by atoms with van der Waals surface area (Å²) in [4.78, 5) is 11.7. The average Bonchev–Trinajstić information content (AvgIpc) is 2.46. The van der Waals surface area contributed by atoms with Crippen LogP contribution in [0.5, 0.6) is 0 Å². The van der Waals surface area contributed by atoms with E-state index in [-0.39, 0.29) is 6.03 Å². The lowest BCUT2D eigenvalue weighted by Crippen LogP contribution is -2.34. The number of urea groups is 1. The molecule has 104 valence electrons. The maximum atomic E-state index is 11.7. The van der Waals surface area contributed by atoms with E-state index < -0.39 is 0 Å². The molecular formula is C15H14BrClN2O. The van der Waals surface area contributed by atoms with Crippen LogP contribution >= 0.6 is 27.5 Å². The molecule has 2 rings (SSSR count). The van der Waals surface area contributed by atoms with Crippen molar-refractivity contribution >= 4 is 33.6 Å². The Balaban J connectivity index is 1.75. The Morgan fingerprint density at radius 3 is 1.85 bits per heavy atom. The number of nitrogens with one attached hydrogen (secondary N) is 2. The molecule has 0 radical (unpaired) electrons. The predicted molar refractivity (Wildman–Crippen MR) is 84.7 cm³/mol. The Morgan fingerprint density at radius 2 is 1.35 bits per heavy atom. The Labute approximate surface area is 131 Å². The highest BCUT2D eigenvalue weighted by Crippen LogP contribution is 2.10. The van der Waals surface area contributed by atoms with Crippen molar-refractivity contribution in [3.8, 4) is 0 Å². The van der Waals surface area contributed by atoms with E-state index in [2.05, 4.69) is 26.6 Å². The zero-order chi connectivity index (χ0) is 14.4. The molecule has 0 aromatic heterocycles. The summed E-state index contributed by atoms with van der Waals surface area (Å²) in [6.07, 6.45) is 0. The third-order valence-electron chi connectivity index (χ3n) is 2.73. The first kappa shape index (κ1) is 14.9. The van der Waals surface area contributed by atoms with Crippen LogP contribution in [0, 0.1) is 0 Å². The van der Waals surface area contributed by atoms with Crippen LogP contribution in [0.2, 0.25) is 5.02 Å². The summed E-state index contributed by atoms with van der Waals surface area (Å²) in [5.41, 5.74) is 2.06. The maximum absolute atomic E-state index is 11.7. The summed E-state index contributed by atoms with van der Waals surface area (Å²) in [5, 5.41) is 6.29. The number of halogens is 2. The van der Waals surface area contributed by atoms with E-state index in [0.717, 1.165) is 15.6 Å². The van der Waals surface area contributed by atoms with Crippen LogP contribution in [0.15, 0.2) is 53.0 Å². The van der Waals surface area contributed by atoms with E-state index in [4.69, 9.17) is 11.6 Å². The molecule has 0 saturated heterocycles. The Morgan fingerprint density at radius 1 is 0.900 bits per heavy atom. The van der Waals surface area contributed by atoms with Crippen molar-refractivity contribution in [2.24, 2.45) is 0 Å². The minimum atomic E-state index is -0.192. The third-order valence-corrected chi connectivity index (χ3v) is 3.51. The van der Waals surface area contributed by atoms with E-state index in [0.29, 0.717) is 18.1 Å². The molecule has 0 unspecified atom stereocenters.